The molecule has 36 heavy (non-hydrogen) atoms. The lowest BCUT2D eigenvalue weighted by atomic mass is 9.97. The van der Waals surface area contributed by atoms with E-state index in [4.69, 9.17) is 5.10 Å². The molecule has 4 heterocycles. The average Bonchev–Trinajstić information content (AvgIpc) is 3.45. The fourth-order valence-electron chi connectivity index (χ4n) is 5.41. The van der Waals surface area contributed by atoms with Crippen molar-refractivity contribution in [3.63, 3.8) is 0 Å². The zero-order valence-electron chi connectivity index (χ0n) is 21.5. The highest BCUT2D eigenvalue weighted by atomic mass is 16.2. The Bertz CT molecular complexity index is 1270. The molecule has 2 fully saturated rings. The lowest BCUT2D eigenvalue weighted by Crippen LogP contribution is -2.44. The van der Waals surface area contributed by atoms with Gasteiger partial charge in [-0.25, -0.2) is 4.68 Å². The predicted molar refractivity (Wildman–Crippen MR) is 139 cm³/mol. The third-order valence-electron chi connectivity index (χ3n) is 7.43. The molecule has 0 aliphatic carbocycles. The summed E-state index contributed by atoms with van der Waals surface area (Å²) in [5.41, 5.74) is 4.93. The quantitative estimate of drug-likeness (QED) is 0.513. The van der Waals surface area contributed by atoms with Gasteiger partial charge < -0.3 is 15.1 Å². The lowest BCUT2D eigenvalue weighted by Gasteiger charge is -2.32. The number of carbonyl (C=O) groups is 2. The number of piperidine rings is 1. The van der Waals surface area contributed by atoms with E-state index in [1.54, 1.807) is 0 Å². The van der Waals surface area contributed by atoms with Gasteiger partial charge in [0.2, 0.25) is 11.8 Å². The molecule has 2 amide bonds. The van der Waals surface area contributed by atoms with Crippen molar-refractivity contribution >= 4 is 28.5 Å². The minimum absolute atomic E-state index is 0.0742. The highest BCUT2D eigenvalue weighted by molar-refractivity contribution is 5.92. The van der Waals surface area contributed by atoms with Gasteiger partial charge in [0, 0.05) is 39.1 Å². The van der Waals surface area contributed by atoms with Crippen LogP contribution in [-0.2, 0) is 9.59 Å². The van der Waals surface area contributed by atoms with Gasteiger partial charge in [-0.05, 0) is 58.6 Å². The van der Waals surface area contributed by atoms with Crippen molar-refractivity contribution in [1.82, 2.24) is 30.2 Å². The summed E-state index contributed by atoms with van der Waals surface area (Å²) in [7, 11) is 0. The van der Waals surface area contributed by atoms with Crippen LogP contribution in [0.25, 0.3) is 16.6 Å². The number of benzene rings is 1. The maximum absolute atomic E-state index is 12.9. The summed E-state index contributed by atoms with van der Waals surface area (Å²) in [5.74, 6) is 0.945. The van der Waals surface area contributed by atoms with Crippen molar-refractivity contribution in [2.45, 2.75) is 52.9 Å². The summed E-state index contributed by atoms with van der Waals surface area (Å²) in [6.07, 6.45) is 4.15. The van der Waals surface area contributed by atoms with Crippen molar-refractivity contribution in [2.24, 2.45) is 5.92 Å². The van der Waals surface area contributed by atoms with Gasteiger partial charge in [0.25, 0.3) is 0 Å². The molecule has 2 aliphatic heterocycles. The summed E-state index contributed by atoms with van der Waals surface area (Å²) in [5, 5.41) is 18.1. The van der Waals surface area contributed by atoms with E-state index in [9.17, 15) is 9.59 Å². The van der Waals surface area contributed by atoms with E-state index in [0.29, 0.717) is 19.5 Å². The summed E-state index contributed by atoms with van der Waals surface area (Å²) < 4.78 is 1.96. The topological polar surface area (TPSA) is 96.2 Å². The van der Waals surface area contributed by atoms with Crippen molar-refractivity contribution in [3.8, 4) is 5.69 Å². The first-order valence-corrected chi connectivity index (χ1v) is 13.0. The average molecular weight is 490 g/mol. The molecule has 2 saturated heterocycles. The first-order valence-electron chi connectivity index (χ1n) is 13.0. The van der Waals surface area contributed by atoms with Crippen LogP contribution in [0.1, 0.15) is 49.1 Å². The molecule has 2 aromatic heterocycles. The molecule has 2 aliphatic rings. The minimum atomic E-state index is -0.106. The number of nitrogens with zero attached hydrogens (tertiary/aromatic N) is 6. The summed E-state index contributed by atoms with van der Waals surface area (Å²) >= 11 is 0. The Labute approximate surface area is 211 Å². The smallest absolute Gasteiger partial charge is 0.224 e. The van der Waals surface area contributed by atoms with E-state index in [1.807, 2.05) is 16.5 Å². The van der Waals surface area contributed by atoms with Crippen LogP contribution in [0.4, 0.5) is 5.82 Å². The van der Waals surface area contributed by atoms with Crippen LogP contribution in [0, 0.1) is 26.7 Å². The third kappa shape index (κ3) is 4.79. The number of aryl methyl sites for hydroxylation is 3. The first-order chi connectivity index (χ1) is 17.4. The number of hydrogen-bond donors (Lipinski definition) is 1. The lowest BCUT2D eigenvalue weighted by molar-refractivity contribution is -0.127. The second kappa shape index (κ2) is 10.2. The van der Waals surface area contributed by atoms with E-state index >= 15 is 0 Å². The molecule has 1 atom stereocenters. The van der Waals surface area contributed by atoms with Crippen LogP contribution in [0.5, 0.6) is 0 Å². The summed E-state index contributed by atoms with van der Waals surface area (Å²) in [6, 6.07) is 8.32. The Balaban J connectivity index is 1.29. The summed E-state index contributed by atoms with van der Waals surface area (Å²) in [4.78, 5) is 28.8. The van der Waals surface area contributed by atoms with Crippen molar-refractivity contribution in [2.75, 3.05) is 37.6 Å². The molecular formula is C27H35N7O2. The number of carbonyl (C=O) groups excluding carboxylic acids is 2. The van der Waals surface area contributed by atoms with Crippen molar-refractivity contribution in [3.05, 3.63) is 41.2 Å². The minimum Gasteiger partial charge on any atom is -0.356 e. The van der Waals surface area contributed by atoms with Crippen LogP contribution >= 0.6 is 0 Å². The Morgan fingerprint density at radius 2 is 1.89 bits per heavy atom. The van der Waals surface area contributed by atoms with Gasteiger partial charge in [-0.15, -0.1) is 5.10 Å². The normalized spacial score (nSPS) is 18.3. The molecular weight excluding hydrogens is 454 g/mol. The Kier molecular flexibility index (Phi) is 6.89. The van der Waals surface area contributed by atoms with Crippen LogP contribution in [0.2, 0.25) is 0 Å². The number of hydrogen-bond acceptors (Lipinski definition) is 6. The SMILES string of the molecule is Cc1ccc(-n2nc3c(N4CCC[C@@H](C(=O)NCCCN5CCCC5=O)C4)nnc(C)c3c2C)cc1. The molecule has 0 saturated carbocycles. The fraction of sp³-hybridized carbons (Fsp3) is 0.519. The van der Waals surface area contributed by atoms with Gasteiger partial charge in [0.15, 0.2) is 5.82 Å². The van der Waals surface area contributed by atoms with Crippen LogP contribution < -0.4 is 10.2 Å². The standard InChI is InChI=1S/C27H35N7O2/c1-18-9-11-22(12-10-18)34-20(3)24-19(2)29-30-26(25(24)31-34)33-15-4-7-21(17-33)27(36)28-13-6-16-32-14-5-8-23(32)35/h9-12,21H,4-8,13-17H2,1-3H3,(H,28,36)/t21-/m1/s1. The molecule has 0 radical (unpaired) electrons. The molecule has 0 unspecified atom stereocenters. The van der Waals surface area contributed by atoms with Gasteiger partial charge in [0.1, 0.15) is 5.52 Å². The Morgan fingerprint density at radius 1 is 1.08 bits per heavy atom. The van der Waals surface area contributed by atoms with Crippen molar-refractivity contribution < 1.29 is 9.59 Å². The van der Waals surface area contributed by atoms with Gasteiger partial charge in [0.05, 0.1) is 28.4 Å². The number of rotatable bonds is 7. The maximum atomic E-state index is 12.9. The van der Waals surface area contributed by atoms with Gasteiger partial charge in [-0.3, -0.25) is 9.59 Å². The largest absolute Gasteiger partial charge is 0.356 e. The number of nitrogens with one attached hydrogen (secondary N) is 1. The Morgan fingerprint density at radius 3 is 2.64 bits per heavy atom. The molecule has 0 bridgehead atoms. The van der Waals surface area contributed by atoms with E-state index in [2.05, 4.69) is 58.5 Å². The van der Waals surface area contributed by atoms with Gasteiger partial charge >= 0.3 is 0 Å². The molecule has 5 rings (SSSR count). The van der Waals surface area contributed by atoms with Crippen LogP contribution in [-0.4, -0.2) is 69.4 Å². The molecule has 1 N–H and O–H groups in total. The molecule has 0 spiro atoms. The van der Waals surface area contributed by atoms with Crippen LogP contribution in [0.3, 0.4) is 0 Å². The highest BCUT2D eigenvalue weighted by Gasteiger charge is 2.29. The van der Waals surface area contributed by atoms with E-state index < -0.39 is 0 Å². The fourth-order valence-corrected chi connectivity index (χ4v) is 5.41. The van der Waals surface area contributed by atoms with E-state index in [1.165, 1.54) is 5.56 Å². The molecule has 9 nitrogen and oxygen atoms in total. The zero-order chi connectivity index (χ0) is 25.2. The van der Waals surface area contributed by atoms with Crippen molar-refractivity contribution in [1.29, 1.82) is 0 Å². The zero-order valence-corrected chi connectivity index (χ0v) is 21.5. The van der Waals surface area contributed by atoms with E-state index in [-0.39, 0.29) is 17.7 Å². The van der Waals surface area contributed by atoms with E-state index in [0.717, 1.165) is 79.1 Å². The molecule has 190 valence electrons. The third-order valence-corrected chi connectivity index (χ3v) is 7.43. The van der Waals surface area contributed by atoms with Gasteiger partial charge in [-0.1, -0.05) is 17.7 Å². The number of anilines is 1. The number of fused-ring (bicyclic) bond motifs is 1. The second-order valence-electron chi connectivity index (χ2n) is 10.1. The number of aromatic nitrogens is 4. The number of likely N-dealkylation sites (tertiary alicyclic amines) is 1. The molecule has 9 heteroatoms. The first kappa shape index (κ1) is 24.2. The molecule has 3 aromatic rings. The Hall–Kier alpha value is -3.49. The highest BCUT2D eigenvalue weighted by Crippen LogP contribution is 2.31. The monoisotopic (exact) mass is 489 g/mol. The van der Waals surface area contributed by atoms with Crippen LogP contribution in [0.15, 0.2) is 24.3 Å². The molecule has 1 aromatic carbocycles. The summed E-state index contributed by atoms with van der Waals surface area (Å²) in [6.45, 7) is 9.68. The predicted octanol–water partition coefficient (Wildman–Crippen LogP) is 3.09. The van der Waals surface area contributed by atoms with Gasteiger partial charge in [-0.2, -0.15) is 10.2 Å². The maximum Gasteiger partial charge on any atom is 0.224 e. The second-order valence-corrected chi connectivity index (χ2v) is 10.1. The number of amides is 2.